The fourth-order valence-corrected chi connectivity index (χ4v) is 2.82. The molecule has 3 heterocycles. The molecule has 3 fully saturated rings. The second-order valence-electron chi connectivity index (χ2n) is 4.63. The van der Waals surface area contributed by atoms with Crippen molar-refractivity contribution in [3.63, 3.8) is 0 Å². The Bertz CT molecular complexity index is 213. The van der Waals surface area contributed by atoms with E-state index in [1.807, 2.05) is 0 Å². The number of hydrogen-bond donors (Lipinski definition) is 2. The van der Waals surface area contributed by atoms with Crippen LogP contribution in [0.2, 0.25) is 0 Å². The van der Waals surface area contributed by atoms with Crippen molar-refractivity contribution >= 4 is 6.85 Å². The van der Waals surface area contributed by atoms with E-state index in [0.29, 0.717) is 0 Å². The molecule has 3 saturated heterocycles. The number of nitrogens with zero attached hydrogens (tertiary/aromatic N) is 2. The van der Waals surface area contributed by atoms with Crippen LogP contribution in [0, 0.1) is 0 Å². The Labute approximate surface area is 86.1 Å². The highest BCUT2D eigenvalue weighted by molar-refractivity contribution is 6.68. The first-order valence-corrected chi connectivity index (χ1v) is 5.85. The lowest BCUT2D eigenvalue weighted by atomic mass is 9.70. The summed E-state index contributed by atoms with van der Waals surface area (Å²) in [6.07, 6.45) is 1.21. The van der Waals surface area contributed by atoms with Crippen molar-refractivity contribution in [3.8, 4) is 0 Å². The van der Waals surface area contributed by atoms with Gasteiger partial charge in [0.25, 0.3) is 6.85 Å². The van der Waals surface area contributed by atoms with Crippen LogP contribution in [0.5, 0.6) is 0 Å². The molecule has 0 saturated carbocycles. The normalized spacial score (nSPS) is 42.9. The molecule has 0 radical (unpaired) electrons. The van der Waals surface area contributed by atoms with Crippen molar-refractivity contribution in [1.29, 1.82) is 0 Å². The van der Waals surface area contributed by atoms with Crippen molar-refractivity contribution < 1.29 is 0 Å². The maximum atomic E-state index is 3.55. The lowest BCUT2D eigenvalue weighted by Crippen LogP contribution is -2.43. The Balaban J connectivity index is 1.70. The van der Waals surface area contributed by atoms with Crippen LogP contribution in [0.25, 0.3) is 0 Å². The Morgan fingerprint density at radius 2 is 1.79 bits per heavy atom. The van der Waals surface area contributed by atoms with Crippen LogP contribution >= 0.6 is 0 Å². The van der Waals surface area contributed by atoms with Gasteiger partial charge in [-0.25, -0.2) is 0 Å². The zero-order chi connectivity index (χ0) is 9.38. The lowest BCUT2D eigenvalue weighted by molar-refractivity contribution is 0.272. The van der Waals surface area contributed by atoms with Crippen molar-refractivity contribution in [2.24, 2.45) is 0 Å². The van der Waals surface area contributed by atoms with Crippen LogP contribution in [0.1, 0.15) is 0 Å². The van der Waals surface area contributed by atoms with E-state index >= 15 is 0 Å². The molecule has 2 N–H and O–H groups in total. The summed E-state index contributed by atoms with van der Waals surface area (Å²) in [5, 5.41) is 7.07. The highest BCUT2D eigenvalue weighted by Gasteiger charge is 2.51. The number of nitrogens with one attached hydrogen (secondary N) is 2. The molecule has 0 aromatic carbocycles. The van der Waals surface area contributed by atoms with Gasteiger partial charge in [-0.15, -0.1) is 0 Å². The molecule has 4 nitrogen and oxygen atoms in total. The molecule has 14 heavy (non-hydrogen) atoms. The van der Waals surface area contributed by atoms with E-state index in [4.69, 9.17) is 0 Å². The maximum Gasteiger partial charge on any atom is 0.255 e. The number of rotatable bonds is 0. The lowest BCUT2D eigenvalue weighted by Gasteiger charge is -2.23. The molecule has 0 aliphatic carbocycles. The van der Waals surface area contributed by atoms with Gasteiger partial charge in [0, 0.05) is 45.2 Å². The third kappa shape index (κ3) is 1.69. The highest BCUT2D eigenvalue weighted by atomic mass is 15.3. The van der Waals surface area contributed by atoms with Gasteiger partial charge < -0.3 is 15.4 Å². The van der Waals surface area contributed by atoms with E-state index in [-0.39, 0.29) is 0 Å². The van der Waals surface area contributed by atoms with Gasteiger partial charge in [-0.2, -0.15) is 0 Å². The minimum atomic E-state index is 0.831. The molecule has 5 heteroatoms. The van der Waals surface area contributed by atoms with Gasteiger partial charge in [-0.1, -0.05) is 0 Å². The average molecular weight is 194 g/mol. The van der Waals surface area contributed by atoms with E-state index in [2.05, 4.69) is 20.3 Å². The predicted molar refractivity (Wildman–Crippen MR) is 58.4 cm³/mol. The Morgan fingerprint density at radius 3 is 2.71 bits per heavy atom. The molecule has 2 bridgehead atoms. The number of hydrogen-bond acceptors (Lipinski definition) is 4. The summed E-state index contributed by atoms with van der Waals surface area (Å²) in [5.41, 5.74) is 0. The molecule has 3 atom stereocenters. The van der Waals surface area contributed by atoms with E-state index in [1.165, 1.54) is 39.2 Å². The molecule has 2 unspecified atom stereocenters. The van der Waals surface area contributed by atoms with Crippen LogP contribution in [0.3, 0.4) is 0 Å². The first-order valence-electron chi connectivity index (χ1n) is 5.85. The van der Waals surface area contributed by atoms with Gasteiger partial charge in [0.05, 0.1) is 0 Å². The van der Waals surface area contributed by atoms with E-state index < -0.39 is 0 Å². The minimum Gasteiger partial charge on any atom is -0.340 e. The monoisotopic (exact) mass is 194 g/mol. The van der Waals surface area contributed by atoms with Crippen LogP contribution in [-0.2, 0) is 0 Å². The molecule has 0 aromatic heterocycles. The molecule has 0 spiro atoms. The summed E-state index contributed by atoms with van der Waals surface area (Å²) in [5.74, 6) is 0.850. The quantitative estimate of drug-likeness (QED) is 0.353. The van der Waals surface area contributed by atoms with Crippen molar-refractivity contribution in [1.82, 2.24) is 20.3 Å². The first kappa shape index (κ1) is 9.15. The topological polar surface area (TPSA) is 30.3 Å². The molecule has 3 aliphatic heterocycles. The summed E-state index contributed by atoms with van der Waals surface area (Å²) in [6, 6.07) is 0. The number of fused-ring (bicyclic) bond motifs is 2. The first-order chi connectivity index (χ1) is 6.95. The van der Waals surface area contributed by atoms with Crippen LogP contribution < -0.4 is 10.6 Å². The van der Waals surface area contributed by atoms with E-state index in [1.54, 1.807) is 0 Å². The van der Waals surface area contributed by atoms with Crippen molar-refractivity contribution in [2.45, 2.75) is 5.94 Å². The van der Waals surface area contributed by atoms with Crippen LogP contribution in [0.15, 0.2) is 0 Å². The third-order valence-corrected chi connectivity index (χ3v) is 3.76. The predicted octanol–water partition coefficient (Wildman–Crippen LogP) is -1.75. The van der Waals surface area contributed by atoms with E-state index in [0.717, 1.165) is 25.9 Å². The molecular formula is C9H19BN4. The fraction of sp³-hybridized carbons (Fsp3) is 1.00. The van der Waals surface area contributed by atoms with Gasteiger partial charge in [0.1, 0.15) is 0 Å². The zero-order valence-corrected chi connectivity index (χ0v) is 8.71. The fourth-order valence-electron chi connectivity index (χ4n) is 2.82. The largest absolute Gasteiger partial charge is 0.340 e. The smallest absolute Gasteiger partial charge is 0.255 e. The second-order valence-corrected chi connectivity index (χ2v) is 4.63. The van der Waals surface area contributed by atoms with E-state index in [9.17, 15) is 0 Å². The van der Waals surface area contributed by atoms with Gasteiger partial charge in [-0.3, -0.25) is 4.90 Å². The molecule has 0 aromatic rings. The van der Waals surface area contributed by atoms with Crippen molar-refractivity contribution in [3.05, 3.63) is 0 Å². The van der Waals surface area contributed by atoms with Gasteiger partial charge in [0.15, 0.2) is 0 Å². The van der Waals surface area contributed by atoms with Gasteiger partial charge in [0.2, 0.25) is 0 Å². The molecule has 3 aliphatic rings. The zero-order valence-electron chi connectivity index (χ0n) is 8.71. The van der Waals surface area contributed by atoms with Crippen molar-refractivity contribution in [2.75, 3.05) is 52.3 Å². The SMILES string of the molecule is C1CN2CCNCB3[C@H](C2)N3CCN1. The molecule has 0 amide bonds. The molecule has 3 rings (SSSR count). The Hall–Kier alpha value is -0.0951. The summed E-state index contributed by atoms with van der Waals surface area (Å²) in [7, 11) is 0. The highest BCUT2D eigenvalue weighted by Crippen LogP contribution is 2.25. The summed E-state index contributed by atoms with van der Waals surface area (Å²) in [6.45, 7) is 9.30. The Kier molecular flexibility index (Phi) is 2.49. The third-order valence-electron chi connectivity index (χ3n) is 3.76. The average Bonchev–Trinajstić information content (AvgIpc) is 2.77. The van der Waals surface area contributed by atoms with Crippen LogP contribution in [-0.4, -0.2) is 74.8 Å². The maximum absolute atomic E-state index is 3.55. The molecular weight excluding hydrogens is 175 g/mol. The minimum absolute atomic E-state index is 0.831. The summed E-state index contributed by atoms with van der Waals surface area (Å²) < 4.78 is 0. The van der Waals surface area contributed by atoms with Gasteiger partial charge in [-0.05, 0) is 13.0 Å². The van der Waals surface area contributed by atoms with Crippen LogP contribution in [0.4, 0.5) is 0 Å². The summed E-state index contributed by atoms with van der Waals surface area (Å²) in [4.78, 5) is 5.24. The summed E-state index contributed by atoms with van der Waals surface area (Å²) >= 11 is 0. The van der Waals surface area contributed by atoms with Gasteiger partial charge >= 0.3 is 0 Å². The molecule has 78 valence electrons. The Morgan fingerprint density at radius 1 is 1.00 bits per heavy atom. The standard InChI is InChI=1S/C9H19BN4/c1-4-13-5-2-12-8-10-9(7-13)14(10)6-3-11-1/h9,11-12H,1-8H2/t9-,14?/m0/s1. The second kappa shape index (κ2) is 3.81.